The Morgan fingerprint density at radius 2 is 2.11 bits per heavy atom. The second-order valence-corrected chi connectivity index (χ2v) is 6.60. The van der Waals surface area contributed by atoms with Gasteiger partial charge < -0.3 is 9.88 Å². The van der Waals surface area contributed by atoms with Gasteiger partial charge in [-0.15, -0.1) is 0 Å². The molecular weight excluding hydrogens is 242 g/mol. The monoisotopic (exact) mass is 265 g/mol. The van der Waals surface area contributed by atoms with Gasteiger partial charge >= 0.3 is 0 Å². The van der Waals surface area contributed by atoms with Crippen LogP contribution in [0.5, 0.6) is 0 Å². The van der Waals surface area contributed by atoms with Crippen molar-refractivity contribution in [2.75, 3.05) is 19.3 Å². The number of hydrogen-bond donors (Lipinski definition) is 1. The molecule has 1 saturated heterocycles. The molecule has 2 heterocycles. The van der Waals surface area contributed by atoms with Crippen molar-refractivity contribution >= 4 is 11.8 Å². The zero-order chi connectivity index (χ0) is 12.4. The molecule has 1 aliphatic heterocycles. The zero-order valence-electron chi connectivity index (χ0n) is 11.1. The minimum Gasteiger partial charge on any atom is -0.330 e. The lowest BCUT2D eigenvalue weighted by molar-refractivity contribution is 0.418. The third-order valence-corrected chi connectivity index (χ3v) is 5.69. The largest absolute Gasteiger partial charge is 0.330 e. The Balaban J connectivity index is 1.81. The Morgan fingerprint density at radius 3 is 2.89 bits per heavy atom. The number of nitrogens with one attached hydrogen (secondary N) is 1. The molecule has 1 aromatic rings. The average molecular weight is 265 g/mol. The van der Waals surface area contributed by atoms with E-state index in [4.69, 9.17) is 0 Å². The molecule has 0 aromatic carbocycles. The van der Waals surface area contributed by atoms with E-state index in [1.54, 1.807) is 0 Å². The van der Waals surface area contributed by atoms with Crippen LogP contribution in [0, 0.1) is 0 Å². The normalized spacial score (nSPS) is 29.8. The van der Waals surface area contributed by atoms with Gasteiger partial charge in [-0.3, -0.25) is 0 Å². The van der Waals surface area contributed by atoms with Crippen molar-refractivity contribution in [3.63, 3.8) is 0 Å². The maximum Gasteiger partial charge on any atom is 0.0951 e. The molecular formula is C14H23N3S. The van der Waals surface area contributed by atoms with Crippen molar-refractivity contribution in [2.24, 2.45) is 0 Å². The molecule has 3 nitrogen and oxygen atoms in total. The molecule has 2 atom stereocenters. The second kappa shape index (κ2) is 5.66. The topological polar surface area (TPSA) is 29.9 Å². The summed E-state index contributed by atoms with van der Waals surface area (Å²) in [5, 5.41) is 4.24. The molecule has 0 bridgehead atoms. The van der Waals surface area contributed by atoms with E-state index in [-0.39, 0.29) is 0 Å². The highest BCUT2D eigenvalue weighted by Gasteiger charge is 2.30. The molecule has 0 amide bonds. The lowest BCUT2D eigenvalue weighted by atomic mass is 9.94. The van der Waals surface area contributed by atoms with Crippen LogP contribution in [0.15, 0.2) is 12.5 Å². The first-order valence-electron chi connectivity index (χ1n) is 7.15. The smallest absolute Gasteiger partial charge is 0.0951 e. The van der Waals surface area contributed by atoms with Crippen molar-refractivity contribution in [1.82, 2.24) is 14.9 Å². The number of rotatable bonds is 3. The number of imidazole rings is 1. The number of nitrogens with zero attached hydrogens (tertiary/aromatic N) is 2. The molecule has 2 aliphatic rings. The van der Waals surface area contributed by atoms with Crippen LogP contribution < -0.4 is 5.32 Å². The van der Waals surface area contributed by atoms with Gasteiger partial charge in [-0.25, -0.2) is 4.98 Å². The quantitative estimate of drug-likeness (QED) is 0.911. The Hall–Kier alpha value is -0.480. The number of thioether (sulfide) groups is 1. The summed E-state index contributed by atoms with van der Waals surface area (Å²) in [7, 11) is 0. The van der Waals surface area contributed by atoms with E-state index in [0.717, 1.165) is 24.3 Å². The summed E-state index contributed by atoms with van der Waals surface area (Å²) in [5.74, 6) is 0.719. The summed E-state index contributed by atoms with van der Waals surface area (Å²) < 4.78 is 2.50. The van der Waals surface area contributed by atoms with Gasteiger partial charge in [0.1, 0.15) is 0 Å². The van der Waals surface area contributed by atoms with Crippen molar-refractivity contribution in [2.45, 2.75) is 49.3 Å². The molecule has 1 saturated carbocycles. The van der Waals surface area contributed by atoms with Crippen molar-refractivity contribution in [3.8, 4) is 0 Å². The third-order valence-electron chi connectivity index (χ3n) is 4.53. The van der Waals surface area contributed by atoms with E-state index in [0.29, 0.717) is 6.04 Å². The van der Waals surface area contributed by atoms with Crippen LogP contribution in [0.2, 0.25) is 0 Å². The summed E-state index contributed by atoms with van der Waals surface area (Å²) >= 11 is 2.03. The Kier molecular flexibility index (Phi) is 3.94. The Labute approximate surface area is 114 Å². The SMILES string of the molecule is CSC1CCCC1n1cncc1C1CCNCC1. The van der Waals surface area contributed by atoms with Gasteiger partial charge in [0, 0.05) is 29.1 Å². The van der Waals surface area contributed by atoms with E-state index in [2.05, 4.69) is 33.6 Å². The highest BCUT2D eigenvalue weighted by atomic mass is 32.2. The van der Waals surface area contributed by atoms with E-state index in [9.17, 15) is 0 Å². The van der Waals surface area contributed by atoms with Crippen molar-refractivity contribution in [1.29, 1.82) is 0 Å². The van der Waals surface area contributed by atoms with Crippen molar-refractivity contribution < 1.29 is 0 Å². The standard InChI is InChI=1S/C14H23N3S/c1-18-14-4-2-3-12(14)17-10-16-9-13(17)11-5-7-15-8-6-11/h9-12,14-15H,2-8H2,1H3. The summed E-state index contributed by atoms with van der Waals surface area (Å²) in [6.07, 6.45) is 13.1. The minimum atomic E-state index is 0.687. The first-order valence-corrected chi connectivity index (χ1v) is 8.44. The Bertz CT molecular complexity index is 384. The number of hydrogen-bond acceptors (Lipinski definition) is 3. The highest BCUT2D eigenvalue weighted by molar-refractivity contribution is 7.99. The molecule has 1 aliphatic carbocycles. The lowest BCUT2D eigenvalue weighted by Crippen LogP contribution is -2.28. The summed E-state index contributed by atoms with van der Waals surface area (Å²) in [4.78, 5) is 4.44. The predicted octanol–water partition coefficient (Wildman–Crippen LogP) is 2.81. The first-order chi connectivity index (χ1) is 8.90. The molecule has 2 fully saturated rings. The summed E-state index contributed by atoms with van der Waals surface area (Å²) in [6.45, 7) is 2.32. The van der Waals surface area contributed by atoms with E-state index in [1.165, 1.54) is 37.8 Å². The van der Waals surface area contributed by atoms with Gasteiger partial charge in [0.15, 0.2) is 0 Å². The fraction of sp³-hybridized carbons (Fsp3) is 0.786. The zero-order valence-corrected chi connectivity index (χ0v) is 12.0. The van der Waals surface area contributed by atoms with Crippen LogP contribution >= 0.6 is 11.8 Å². The average Bonchev–Trinajstić information content (AvgIpc) is 3.07. The van der Waals surface area contributed by atoms with Gasteiger partial charge in [-0.2, -0.15) is 11.8 Å². The molecule has 1 N–H and O–H groups in total. The van der Waals surface area contributed by atoms with Gasteiger partial charge in [-0.1, -0.05) is 6.42 Å². The van der Waals surface area contributed by atoms with Crippen LogP contribution in [0.25, 0.3) is 0 Å². The van der Waals surface area contributed by atoms with Crippen LogP contribution in [-0.2, 0) is 0 Å². The van der Waals surface area contributed by atoms with Crippen LogP contribution in [0.1, 0.15) is 49.8 Å². The van der Waals surface area contributed by atoms with E-state index >= 15 is 0 Å². The second-order valence-electron chi connectivity index (χ2n) is 5.52. The highest BCUT2D eigenvalue weighted by Crippen LogP contribution is 2.39. The van der Waals surface area contributed by atoms with Crippen LogP contribution in [0.4, 0.5) is 0 Å². The van der Waals surface area contributed by atoms with E-state index < -0.39 is 0 Å². The predicted molar refractivity (Wildman–Crippen MR) is 77.3 cm³/mol. The first kappa shape index (κ1) is 12.5. The van der Waals surface area contributed by atoms with E-state index in [1.807, 2.05) is 11.8 Å². The molecule has 3 rings (SSSR count). The fourth-order valence-electron chi connectivity index (χ4n) is 3.53. The number of piperidine rings is 1. The third kappa shape index (κ3) is 2.32. The summed E-state index contributed by atoms with van der Waals surface area (Å²) in [6, 6.07) is 0.687. The van der Waals surface area contributed by atoms with Gasteiger partial charge in [0.25, 0.3) is 0 Å². The molecule has 18 heavy (non-hydrogen) atoms. The lowest BCUT2D eigenvalue weighted by Gasteiger charge is -2.27. The maximum atomic E-state index is 4.44. The van der Waals surface area contributed by atoms with Gasteiger partial charge in [-0.05, 0) is 45.0 Å². The van der Waals surface area contributed by atoms with Crippen molar-refractivity contribution in [3.05, 3.63) is 18.2 Å². The maximum absolute atomic E-state index is 4.44. The fourth-order valence-corrected chi connectivity index (χ4v) is 4.51. The number of aromatic nitrogens is 2. The summed E-state index contributed by atoms with van der Waals surface area (Å²) in [5.41, 5.74) is 1.49. The molecule has 0 radical (unpaired) electrons. The molecule has 2 unspecified atom stereocenters. The molecule has 4 heteroatoms. The molecule has 0 spiro atoms. The van der Waals surface area contributed by atoms with Crippen LogP contribution in [0.3, 0.4) is 0 Å². The molecule has 100 valence electrons. The van der Waals surface area contributed by atoms with Crippen LogP contribution in [-0.4, -0.2) is 34.1 Å². The molecule has 1 aromatic heterocycles. The Morgan fingerprint density at radius 1 is 1.28 bits per heavy atom. The van der Waals surface area contributed by atoms with Gasteiger partial charge in [0.2, 0.25) is 0 Å². The minimum absolute atomic E-state index is 0.687. The van der Waals surface area contributed by atoms with Gasteiger partial charge in [0.05, 0.1) is 6.33 Å².